The molecule has 0 saturated carbocycles. The third-order valence-electron chi connectivity index (χ3n) is 3.79. The van der Waals surface area contributed by atoms with Crippen molar-refractivity contribution in [1.82, 2.24) is 0 Å². The number of aryl methyl sites for hydroxylation is 4. The van der Waals surface area contributed by atoms with Gasteiger partial charge in [-0.3, -0.25) is 4.79 Å². The second-order valence-corrected chi connectivity index (χ2v) is 5.82. The number of hydrogen-bond donors (Lipinski definition) is 1. The van der Waals surface area contributed by atoms with Gasteiger partial charge >= 0.3 is 0 Å². The molecule has 116 valence electrons. The maximum absolute atomic E-state index is 12.3. The summed E-state index contributed by atoms with van der Waals surface area (Å²) in [5, 5.41) is 2.90. The molecular formula is C19H23NO2. The van der Waals surface area contributed by atoms with E-state index in [9.17, 15) is 4.79 Å². The van der Waals surface area contributed by atoms with E-state index in [4.69, 9.17) is 4.74 Å². The minimum atomic E-state index is -0.554. The Morgan fingerprint density at radius 2 is 1.64 bits per heavy atom. The van der Waals surface area contributed by atoms with Crippen molar-refractivity contribution in [2.75, 3.05) is 5.32 Å². The molecule has 2 aromatic carbocycles. The number of rotatable bonds is 4. The van der Waals surface area contributed by atoms with Crippen molar-refractivity contribution in [2.45, 2.75) is 40.7 Å². The molecule has 0 bridgehead atoms. The summed E-state index contributed by atoms with van der Waals surface area (Å²) in [5.41, 5.74) is 5.29. The summed E-state index contributed by atoms with van der Waals surface area (Å²) < 4.78 is 5.80. The van der Waals surface area contributed by atoms with Crippen LogP contribution < -0.4 is 10.1 Å². The predicted molar refractivity (Wildman–Crippen MR) is 90.6 cm³/mol. The molecule has 1 amide bonds. The quantitative estimate of drug-likeness (QED) is 0.912. The van der Waals surface area contributed by atoms with Crippen LogP contribution in [0.5, 0.6) is 5.75 Å². The molecular weight excluding hydrogens is 274 g/mol. The average molecular weight is 297 g/mol. The molecule has 0 heterocycles. The van der Waals surface area contributed by atoms with Crippen LogP contribution in [0, 0.1) is 27.7 Å². The minimum absolute atomic E-state index is 0.149. The van der Waals surface area contributed by atoms with Gasteiger partial charge in [0, 0.05) is 5.69 Å². The van der Waals surface area contributed by atoms with Gasteiger partial charge in [0.1, 0.15) is 5.75 Å². The number of benzene rings is 2. The van der Waals surface area contributed by atoms with Gasteiger partial charge in [-0.25, -0.2) is 0 Å². The molecule has 0 spiro atoms. The second-order valence-electron chi connectivity index (χ2n) is 5.82. The molecule has 0 aliphatic carbocycles. The topological polar surface area (TPSA) is 38.3 Å². The third kappa shape index (κ3) is 3.88. The Kier molecular flexibility index (Phi) is 4.86. The van der Waals surface area contributed by atoms with E-state index in [1.165, 1.54) is 5.56 Å². The fraction of sp³-hybridized carbons (Fsp3) is 0.316. The fourth-order valence-corrected chi connectivity index (χ4v) is 2.14. The molecule has 0 aliphatic heterocycles. The number of anilines is 1. The summed E-state index contributed by atoms with van der Waals surface area (Å²) in [4.78, 5) is 12.3. The third-order valence-corrected chi connectivity index (χ3v) is 3.79. The van der Waals surface area contributed by atoms with E-state index in [-0.39, 0.29) is 5.91 Å². The van der Waals surface area contributed by atoms with Gasteiger partial charge in [-0.1, -0.05) is 18.2 Å². The molecule has 1 N–H and O–H groups in total. The lowest BCUT2D eigenvalue weighted by Crippen LogP contribution is -2.30. The molecule has 0 aliphatic rings. The van der Waals surface area contributed by atoms with Gasteiger partial charge in [0.05, 0.1) is 0 Å². The van der Waals surface area contributed by atoms with Crippen molar-refractivity contribution in [3.05, 3.63) is 58.7 Å². The van der Waals surface area contributed by atoms with Gasteiger partial charge < -0.3 is 10.1 Å². The summed E-state index contributed by atoms with van der Waals surface area (Å²) in [5.74, 6) is 0.604. The first-order valence-corrected chi connectivity index (χ1v) is 7.49. The highest BCUT2D eigenvalue weighted by atomic mass is 16.5. The number of ether oxygens (including phenoxy) is 1. The van der Waals surface area contributed by atoms with Crippen LogP contribution in [0.2, 0.25) is 0 Å². The summed E-state index contributed by atoms with van der Waals surface area (Å²) >= 11 is 0. The molecule has 3 nitrogen and oxygen atoms in total. The van der Waals surface area contributed by atoms with E-state index in [0.717, 1.165) is 28.1 Å². The molecule has 1 atom stereocenters. The van der Waals surface area contributed by atoms with E-state index in [1.807, 2.05) is 64.1 Å². The average Bonchev–Trinajstić information content (AvgIpc) is 2.46. The van der Waals surface area contributed by atoms with Gasteiger partial charge in [-0.2, -0.15) is 0 Å². The molecule has 3 heteroatoms. The van der Waals surface area contributed by atoms with Crippen LogP contribution in [0.3, 0.4) is 0 Å². The Bertz CT molecular complexity index is 692. The van der Waals surface area contributed by atoms with E-state index >= 15 is 0 Å². The highest BCUT2D eigenvalue weighted by Crippen LogP contribution is 2.21. The zero-order valence-electron chi connectivity index (χ0n) is 13.9. The zero-order valence-corrected chi connectivity index (χ0v) is 13.9. The van der Waals surface area contributed by atoms with Crippen molar-refractivity contribution >= 4 is 11.6 Å². The Hall–Kier alpha value is -2.29. The molecule has 22 heavy (non-hydrogen) atoms. The monoisotopic (exact) mass is 297 g/mol. The lowest BCUT2D eigenvalue weighted by molar-refractivity contribution is -0.122. The summed E-state index contributed by atoms with van der Waals surface area (Å²) in [7, 11) is 0. The smallest absolute Gasteiger partial charge is 0.265 e. The van der Waals surface area contributed by atoms with Crippen molar-refractivity contribution in [3.8, 4) is 5.75 Å². The molecule has 0 saturated heterocycles. The van der Waals surface area contributed by atoms with Crippen molar-refractivity contribution in [2.24, 2.45) is 0 Å². The van der Waals surface area contributed by atoms with Crippen LogP contribution in [0.1, 0.15) is 29.2 Å². The van der Waals surface area contributed by atoms with Crippen LogP contribution in [-0.4, -0.2) is 12.0 Å². The maximum atomic E-state index is 12.3. The van der Waals surface area contributed by atoms with Gasteiger partial charge in [-0.05, 0) is 75.1 Å². The first kappa shape index (κ1) is 16.1. The lowest BCUT2D eigenvalue weighted by Gasteiger charge is -2.17. The molecule has 0 radical (unpaired) electrons. The van der Waals surface area contributed by atoms with Crippen molar-refractivity contribution in [3.63, 3.8) is 0 Å². The summed E-state index contributed by atoms with van der Waals surface area (Å²) in [6.07, 6.45) is -0.554. The van der Waals surface area contributed by atoms with Crippen LogP contribution in [0.25, 0.3) is 0 Å². The SMILES string of the molecule is Cc1ccc(C)c(O[C@@H](C)C(=O)Nc2ccc(C)c(C)c2)c1. The van der Waals surface area contributed by atoms with Crippen molar-refractivity contribution in [1.29, 1.82) is 0 Å². The minimum Gasteiger partial charge on any atom is -0.481 e. The molecule has 0 aromatic heterocycles. The number of hydrogen-bond acceptors (Lipinski definition) is 2. The van der Waals surface area contributed by atoms with E-state index in [2.05, 4.69) is 5.32 Å². The van der Waals surface area contributed by atoms with Gasteiger partial charge in [-0.15, -0.1) is 0 Å². The molecule has 0 fully saturated rings. The van der Waals surface area contributed by atoms with Crippen LogP contribution in [-0.2, 0) is 4.79 Å². The molecule has 0 unspecified atom stereocenters. The van der Waals surface area contributed by atoms with E-state index in [0.29, 0.717) is 0 Å². The number of nitrogens with one attached hydrogen (secondary N) is 1. The van der Waals surface area contributed by atoms with Gasteiger partial charge in [0.25, 0.3) is 5.91 Å². The maximum Gasteiger partial charge on any atom is 0.265 e. The van der Waals surface area contributed by atoms with Crippen molar-refractivity contribution < 1.29 is 9.53 Å². The first-order valence-electron chi connectivity index (χ1n) is 7.49. The number of carbonyl (C=O) groups is 1. The normalized spacial score (nSPS) is 11.9. The summed E-state index contributed by atoms with van der Waals surface area (Å²) in [6.45, 7) is 9.82. The predicted octanol–water partition coefficient (Wildman–Crippen LogP) is 4.33. The standard InChI is InChI=1S/C19H23NO2/c1-12-6-7-14(3)18(10-12)22-16(5)19(21)20-17-9-8-13(2)15(4)11-17/h6-11,16H,1-5H3,(H,20,21)/t16-/m0/s1. The van der Waals surface area contributed by atoms with Crippen LogP contribution >= 0.6 is 0 Å². The Morgan fingerprint density at radius 1 is 0.955 bits per heavy atom. The second kappa shape index (κ2) is 6.65. The number of amides is 1. The van der Waals surface area contributed by atoms with Gasteiger partial charge in [0.15, 0.2) is 6.10 Å². The van der Waals surface area contributed by atoms with Crippen LogP contribution in [0.4, 0.5) is 5.69 Å². The van der Waals surface area contributed by atoms with E-state index in [1.54, 1.807) is 6.92 Å². The zero-order chi connectivity index (χ0) is 16.3. The molecule has 2 aromatic rings. The Balaban J connectivity index is 2.05. The van der Waals surface area contributed by atoms with Crippen LogP contribution in [0.15, 0.2) is 36.4 Å². The fourth-order valence-electron chi connectivity index (χ4n) is 2.14. The number of carbonyl (C=O) groups excluding carboxylic acids is 1. The highest BCUT2D eigenvalue weighted by Gasteiger charge is 2.16. The Morgan fingerprint density at radius 3 is 2.32 bits per heavy atom. The largest absolute Gasteiger partial charge is 0.481 e. The highest BCUT2D eigenvalue weighted by molar-refractivity contribution is 5.94. The van der Waals surface area contributed by atoms with Gasteiger partial charge in [0.2, 0.25) is 0 Å². The molecule has 2 rings (SSSR count). The Labute approximate surface area is 132 Å². The first-order chi connectivity index (χ1) is 10.4. The van der Waals surface area contributed by atoms with E-state index < -0.39 is 6.10 Å². The lowest BCUT2D eigenvalue weighted by atomic mass is 10.1. The summed E-state index contributed by atoms with van der Waals surface area (Å²) in [6, 6.07) is 11.9.